The van der Waals surface area contributed by atoms with Gasteiger partial charge in [-0.15, -0.1) is 0 Å². The quantitative estimate of drug-likeness (QED) is 0.226. The van der Waals surface area contributed by atoms with E-state index in [4.69, 9.17) is 44.3 Å². The summed E-state index contributed by atoms with van der Waals surface area (Å²) in [4.78, 5) is 24.0. The molecule has 0 spiro atoms. The fourth-order valence-corrected chi connectivity index (χ4v) is 3.39. The highest BCUT2D eigenvalue weighted by atomic mass is 35.5. The minimum Gasteiger partial charge on any atom is -0.490 e. The first-order chi connectivity index (χ1) is 16.4. The maximum Gasteiger partial charge on any atom is 0.329 e. The van der Waals surface area contributed by atoms with Crippen molar-refractivity contribution in [1.82, 2.24) is 5.43 Å². The maximum atomic E-state index is 12.0. The van der Waals surface area contributed by atoms with Crippen LogP contribution >= 0.6 is 34.8 Å². The monoisotopic (exact) mass is 519 g/mol. The summed E-state index contributed by atoms with van der Waals surface area (Å²) in [5, 5.41) is 7.60. The third kappa shape index (κ3) is 7.12. The Morgan fingerprint density at radius 3 is 2.44 bits per heavy atom. The predicted octanol–water partition coefficient (Wildman–Crippen LogP) is 5.71. The van der Waals surface area contributed by atoms with Crippen LogP contribution in [0.2, 0.25) is 15.1 Å². The number of benzene rings is 3. The number of carbonyl (C=O) groups is 2. The van der Waals surface area contributed by atoms with Gasteiger partial charge in [-0.2, -0.15) is 5.10 Å². The third-order valence-electron chi connectivity index (χ3n) is 4.37. The van der Waals surface area contributed by atoms with Crippen molar-refractivity contribution in [1.29, 1.82) is 0 Å². The first kappa shape index (κ1) is 25.4. The molecule has 0 atom stereocenters. The molecule has 2 N–H and O–H groups in total. The van der Waals surface area contributed by atoms with E-state index >= 15 is 0 Å². The Morgan fingerprint density at radius 2 is 1.71 bits per heavy atom. The summed E-state index contributed by atoms with van der Waals surface area (Å²) in [6, 6.07) is 16.9. The van der Waals surface area contributed by atoms with E-state index in [2.05, 4.69) is 15.8 Å². The third-order valence-corrected chi connectivity index (χ3v) is 5.29. The maximum absolute atomic E-state index is 12.0. The average Bonchev–Trinajstić information content (AvgIpc) is 2.81. The molecule has 0 fully saturated rings. The van der Waals surface area contributed by atoms with Gasteiger partial charge in [-0.1, -0.05) is 53.0 Å². The largest absolute Gasteiger partial charge is 0.490 e. The number of nitrogens with one attached hydrogen (secondary N) is 2. The van der Waals surface area contributed by atoms with Crippen LogP contribution in [-0.2, 0) is 16.2 Å². The van der Waals surface area contributed by atoms with Gasteiger partial charge in [-0.3, -0.25) is 9.59 Å². The first-order valence-corrected chi connectivity index (χ1v) is 11.2. The van der Waals surface area contributed by atoms with E-state index in [1.54, 1.807) is 60.7 Å². The molecule has 0 aliphatic carbocycles. The molecule has 0 bridgehead atoms. The summed E-state index contributed by atoms with van der Waals surface area (Å²) in [5.41, 5.74) is 3.89. The number of rotatable bonds is 8. The summed E-state index contributed by atoms with van der Waals surface area (Å²) in [6.07, 6.45) is 1.38. The van der Waals surface area contributed by atoms with Gasteiger partial charge in [0, 0.05) is 15.6 Å². The van der Waals surface area contributed by atoms with Gasteiger partial charge >= 0.3 is 11.8 Å². The summed E-state index contributed by atoms with van der Waals surface area (Å²) >= 11 is 18.1. The predicted molar refractivity (Wildman–Crippen MR) is 134 cm³/mol. The molecule has 0 saturated carbocycles. The van der Waals surface area contributed by atoms with E-state index in [0.717, 1.165) is 5.56 Å². The number of anilines is 1. The fourth-order valence-electron chi connectivity index (χ4n) is 2.74. The minimum atomic E-state index is -0.944. The molecule has 3 aromatic carbocycles. The summed E-state index contributed by atoms with van der Waals surface area (Å²) in [6.45, 7) is 2.48. The number of carbonyl (C=O) groups excluding carboxylic acids is 2. The lowest BCUT2D eigenvalue weighted by Crippen LogP contribution is -2.32. The van der Waals surface area contributed by atoms with E-state index < -0.39 is 11.8 Å². The first-order valence-electron chi connectivity index (χ1n) is 10.1. The van der Waals surface area contributed by atoms with Gasteiger partial charge in [0.1, 0.15) is 6.61 Å². The second-order valence-corrected chi connectivity index (χ2v) is 8.05. The second kappa shape index (κ2) is 12.3. The van der Waals surface area contributed by atoms with E-state index in [0.29, 0.717) is 44.4 Å². The van der Waals surface area contributed by atoms with Gasteiger partial charge < -0.3 is 14.8 Å². The Morgan fingerprint density at radius 1 is 0.912 bits per heavy atom. The van der Waals surface area contributed by atoms with Gasteiger partial charge in [0.05, 0.1) is 23.5 Å². The highest BCUT2D eigenvalue weighted by molar-refractivity contribution is 6.41. The lowest BCUT2D eigenvalue weighted by Gasteiger charge is -2.13. The van der Waals surface area contributed by atoms with Gasteiger partial charge in [0.25, 0.3) is 0 Å². The molecule has 0 aliphatic heterocycles. The molecular weight excluding hydrogens is 501 g/mol. The molecule has 10 heteroatoms. The molecule has 34 heavy (non-hydrogen) atoms. The lowest BCUT2D eigenvalue weighted by atomic mass is 10.2. The zero-order valence-electron chi connectivity index (χ0n) is 18.0. The van der Waals surface area contributed by atoms with Gasteiger partial charge in [0.2, 0.25) is 0 Å². The number of nitrogens with zero attached hydrogens (tertiary/aromatic N) is 1. The van der Waals surface area contributed by atoms with Crippen molar-refractivity contribution in [3.63, 3.8) is 0 Å². The number of hydrogen-bond donors (Lipinski definition) is 2. The van der Waals surface area contributed by atoms with E-state index in [1.165, 1.54) is 6.21 Å². The number of amides is 2. The lowest BCUT2D eigenvalue weighted by molar-refractivity contribution is -0.136. The normalized spacial score (nSPS) is 10.7. The minimum absolute atomic E-state index is 0.222. The Bertz CT molecular complexity index is 1220. The SMILES string of the molecule is CCOc1cc(/C=N/NC(=O)C(=O)Nc2ccccc2Cl)ccc1OCc1ccc(Cl)cc1Cl. The zero-order valence-corrected chi connectivity index (χ0v) is 20.2. The molecule has 176 valence electrons. The smallest absolute Gasteiger partial charge is 0.329 e. The van der Waals surface area contributed by atoms with Crippen LogP contribution in [0.3, 0.4) is 0 Å². The Kier molecular flexibility index (Phi) is 9.16. The highest BCUT2D eigenvalue weighted by Crippen LogP contribution is 2.30. The standard InChI is InChI=1S/C24H20Cl3N3O4/c1-2-33-22-11-15(7-10-21(22)34-14-16-8-9-17(25)12-19(16)27)13-28-30-24(32)23(31)29-20-6-4-3-5-18(20)26/h3-13H,2,14H2,1H3,(H,29,31)(H,30,32)/b28-13+. The van der Waals surface area contributed by atoms with Crippen molar-refractivity contribution in [3.8, 4) is 11.5 Å². The Balaban J connectivity index is 1.61. The van der Waals surface area contributed by atoms with Gasteiger partial charge in [-0.05, 0) is 55.0 Å². The van der Waals surface area contributed by atoms with Crippen molar-refractivity contribution < 1.29 is 19.1 Å². The fraction of sp³-hybridized carbons (Fsp3) is 0.125. The molecule has 0 saturated heterocycles. The van der Waals surface area contributed by atoms with Gasteiger partial charge in [-0.25, -0.2) is 5.43 Å². The van der Waals surface area contributed by atoms with Crippen LogP contribution in [-0.4, -0.2) is 24.6 Å². The molecule has 3 aromatic rings. The van der Waals surface area contributed by atoms with Crippen molar-refractivity contribution in [2.75, 3.05) is 11.9 Å². The highest BCUT2D eigenvalue weighted by Gasteiger charge is 2.14. The summed E-state index contributed by atoms with van der Waals surface area (Å²) in [7, 11) is 0. The summed E-state index contributed by atoms with van der Waals surface area (Å²) < 4.78 is 11.5. The second-order valence-electron chi connectivity index (χ2n) is 6.80. The zero-order chi connectivity index (χ0) is 24.5. The topological polar surface area (TPSA) is 89.0 Å². The van der Waals surface area contributed by atoms with Crippen LogP contribution in [0.1, 0.15) is 18.1 Å². The number of para-hydroxylation sites is 1. The summed E-state index contributed by atoms with van der Waals surface area (Å²) in [5.74, 6) is -0.849. The average molecular weight is 521 g/mol. The molecule has 0 unspecified atom stereocenters. The van der Waals surface area contributed by atoms with Gasteiger partial charge in [0.15, 0.2) is 11.5 Å². The molecule has 2 amide bonds. The van der Waals surface area contributed by atoms with Crippen LogP contribution in [0.25, 0.3) is 0 Å². The van der Waals surface area contributed by atoms with Crippen molar-refractivity contribution in [2.45, 2.75) is 13.5 Å². The molecule has 0 aromatic heterocycles. The van der Waals surface area contributed by atoms with Crippen LogP contribution in [0.5, 0.6) is 11.5 Å². The molecule has 0 heterocycles. The Hall–Kier alpha value is -3.26. The molecular formula is C24H20Cl3N3O4. The Labute approximate surface area is 211 Å². The van der Waals surface area contributed by atoms with E-state index in [9.17, 15) is 9.59 Å². The number of ether oxygens (including phenoxy) is 2. The van der Waals surface area contributed by atoms with Crippen molar-refractivity contribution in [2.24, 2.45) is 5.10 Å². The van der Waals surface area contributed by atoms with E-state index in [1.807, 2.05) is 6.92 Å². The molecule has 0 radical (unpaired) electrons. The number of hydrogen-bond acceptors (Lipinski definition) is 5. The van der Waals surface area contributed by atoms with E-state index in [-0.39, 0.29) is 6.61 Å². The van der Waals surface area contributed by atoms with Crippen LogP contribution in [0.15, 0.2) is 65.8 Å². The van der Waals surface area contributed by atoms with Crippen molar-refractivity contribution >= 4 is 58.5 Å². The molecule has 7 nitrogen and oxygen atoms in total. The van der Waals surface area contributed by atoms with Crippen LogP contribution in [0.4, 0.5) is 5.69 Å². The van der Waals surface area contributed by atoms with Crippen molar-refractivity contribution in [3.05, 3.63) is 86.9 Å². The molecule has 3 rings (SSSR count). The number of hydrazone groups is 1. The molecule has 0 aliphatic rings. The van der Waals surface area contributed by atoms with Crippen LogP contribution < -0.4 is 20.2 Å². The number of halogens is 3. The van der Waals surface area contributed by atoms with Crippen LogP contribution in [0, 0.1) is 0 Å².